The van der Waals surface area contributed by atoms with E-state index < -0.39 is 305 Å². The van der Waals surface area contributed by atoms with Crippen molar-refractivity contribution >= 4 is 124 Å². The molecule has 60 heteroatoms. The molecule has 21 amide bonds. The number of nitrogens with zero attached hydrogens (tertiary/aromatic N) is 9. The highest BCUT2D eigenvalue weighted by molar-refractivity contribution is 6.11. The fourth-order valence-electron chi connectivity index (χ4n) is 14.7. The molecule has 6 heterocycles. The number of nitrogens with one attached hydrogen (secondary N) is 20. The van der Waals surface area contributed by atoms with Crippen molar-refractivity contribution in [2.24, 2.45) is 28.9 Å². The molecule has 34 N–H and O–H groups in total. The number of amides is 21. The minimum absolute atomic E-state index is 0.0295. The topological polar surface area (TPSA) is 934 Å². The van der Waals surface area contributed by atoms with Crippen molar-refractivity contribution in [1.82, 2.24) is 149 Å². The number of rotatable bonds is 59. The van der Waals surface area contributed by atoms with Crippen LogP contribution in [0.5, 0.6) is 0 Å². The first kappa shape index (κ1) is 117. The van der Waals surface area contributed by atoms with Crippen molar-refractivity contribution < 1.29 is 131 Å². The van der Waals surface area contributed by atoms with Crippen molar-refractivity contribution in [2.75, 3.05) is 59.3 Å². The summed E-state index contributed by atoms with van der Waals surface area (Å²) in [6, 6.07) is -28.7. The number of nitrogens with two attached hydrogens (primary N) is 4. The maximum absolute atomic E-state index is 16.0. The van der Waals surface area contributed by atoms with Gasteiger partial charge in [-0.1, -0.05) is 44.2 Å². The number of primary amides is 1. The lowest BCUT2D eigenvalue weighted by atomic mass is 10.0. The van der Waals surface area contributed by atoms with E-state index >= 15 is 52.7 Å². The van der Waals surface area contributed by atoms with E-state index in [1.54, 1.807) is 44.2 Å². The lowest BCUT2D eigenvalue weighted by molar-refractivity contribution is -0.158. The van der Waals surface area contributed by atoms with Crippen LogP contribution < -0.4 is 97.4 Å². The molecule has 0 spiro atoms. The molecule has 0 radical (unpaired) electrons. The van der Waals surface area contributed by atoms with Crippen molar-refractivity contribution in [2.45, 2.75) is 196 Å². The first-order chi connectivity index (χ1) is 69.5. The Morgan fingerprint density at radius 2 is 0.466 bits per heavy atom. The smallest absolute Gasteiger partial charge is 0.254 e. The van der Waals surface area contributed by atoms with Crippen molar-refractivity contribution in [1.29, 1.82) is 0 Å². The van der Waals surface area contributed by atoms with Crippen molar-refractivity contribution in [3.63, 3.8) is 0 Å². The van der Waals surface area contributed by atoms with Gasteiger partial charge in [-0.15, -0.1) is 0 Å². The summed E-state index contributed by atoms with van der Waals surface area (Å²) in [7, 11) is 0. The number of H-pyrrole nitrogens is 6. The predicted octanol–water partition coefficient (Wildman–Crippen LogP) is -15.6. The zero-order valence-electron chi connectivity index (χ0n) is 79.8. The lowest BCUT2D eigenvalue weighted by Crippen LogP contribution is -2.68. The Morgan fingerprint density at radius 1 is 0.274 bits per heavy atom. The first-order valence-corrected chi connectivity index (χ1v) is 45.2. The average molecular weight is 2050 g/mol. The van der Waals surface area contributed by atoms with E-state index in [4.69, 9.17) is 22.9 Å². The van der Waals surface area contributed by atoms with Gasteiger partial charge in [0.15, 0.2) is 0 Å². The van der Waals surface area contributed by atoms with E-state index in [1.165, 1.54) is 50.1 Å². The van der Waals surface area contributed by atoms with E-state index in [1.807, 2.05) is 0 Å². The molecule has 0 aliphatic rings. The highest BCUT2D eigenvalue weighted by atomic mass is 16.3. The van der Waals surface area contributed by atoms with Crippen LogP contribution in [0.2, 0.25) is 0 Å². The number of aromatic amines is 6. The van der Waals surface area contributed by atoms with E-state index in [9.17, 15) is 78.6 Å². The van der Waals surface area contributed by atoms with Gasteiger partial charge in [-0.05, 0) is 17.9 Å². The van der Waals surface area contributed by atoms with Crippen LogP contribution in [0.3, 0.4) is 0 Å². The number of aromatic nitrogens is 12. The molecule has 146 heavy (non-hydrogen) atoms. The molecular weight excluding hydrogens is 1930 g/mol. The third-order valence-electron chi connectivity index (χ3n) is 21.9. The molecule has 7 rings (SSSR count). The normalized spacial score (nSPS) is 14.7. The Labute approximate surface area is 829 Å². The third kappa shape index (κ3) is 34.5. The number of hydrogen-bond donors (Lipinski definition) is 30. The predicted molar refractivity (Wildman–Crippen MR) is 499 cm³/mol. The van der Waals surface area contributed by atoms with Gasteiger partial charge in [0.2, 0.25) is 88.6 Å². The van der Waals surface area contributed by atoms with Gasteiger partial charge in [0.25, 0.3) is 35.4 Å². The van der Waals surface area contributed by atoms with Gasteiger partial charge >= 0.3 is 0 Å². The fraction of sp³-hybridized carbons (Fsp3) is 0.477. The lowest BCUT2D eigenvalue weighted by Gasteiger charge is -2.36. The standard InChI is InChI=1S/C86H121N33O27/c1-41(2)12-54(71(131)107-53(70(90)130)13-46-10-8-7-9-11-46)108-78(138)67(20-87)117(85(145)65(33-124)115-76(136)59(18-51-27-95-39-101-51)109-79(139)68(21-88)118(81(141)61(29-120)111-72(132)55(103-42(3)126)14-47-23-91-35-97-47)82(142)62(30-121)112-73(133)56(104-43(4)127)15-48-24-92-36-98-48)86(146)66(34-125)116-77(137)60(19-52-28-96-40-102-52)110-80(140)69(22-89)119(83(143)63(31-122)113-74(134)57(105-44(5)128)16-49-25-93-37-99-49)84(144)64(32-123)114-75(135)58(106-45(6)129)17-50-26-94-38-100-50/h7-11,23-28,35-41,53-69,120-125H,12-22,29-34,87-89H2,1-6H3,(H2,90,130)(H,91,97)(H,92,98)(H,93,99)(H,94,100)(H,95,101)(H,96,102)(H,103,126)(H,104,127)(H,105,128)(H,106,129)(H,107,131)(H,108,138)(H,109,139)(H,110,140)(H,111,132)(H,112,133)(H,113,134)(H,114,135)(H,115,136)(H,116,137)/t53-,54-,55-,56-,57-,58-,59-,60-,61-,62-,63-,64-,65-,66-,67-,68-,69-/m0/s1. The molecule has 0 fully saturated rings. The Hall–Kier alpha value is -16.4. The summed E-state index contributed by atoms with van der Waals surface area (Å²) in [5.74, 6) is -30.0. The molecule has 17 atom stereocenters. The Balaban J connectivity index is 1.33. The van der Waals surface area contributed by atoms with Gasteiger partial charge < -0.3 is 158 Å². The second-order valence-electron chi connectivity index (χ2n) is 33.4. The Kier molecular flexibility index (Phi) is 46.0. The maximum Gasteiger partial charge on any atom is 0.254 e. The summed E-state index contributed by atoms with van der Waals surface area (Å²) in [4.78, 5) is 345. The average Bonchev–Trinajstić information content (AvgIpc) is 1.20. The molecule has 0 saturated heterocycles. The highest BCUT2D eigenvalue weighted by Crippen LogP contribution is 2.19. The Bertz CT molecular complexity index is 5100. The molecule has 0 unspecified atom stereocenters. The van der Waals surface area contributed by atoms with Crippen LogP contribution >= 0.6 is 0 Å². The van der Waals surface area contributed by atoms with Crippen LogP contribution in [0.4, 0.5) is 0 Å². The highest BCUT2D eigenvalue weighted by Gasteiger charge is 2.49. The number of imidazole rings is 6. The number of benzene rings is 1. The maximum atomic E-state index is 16.0. The molecule has 6 aromatic heterocycles. The quantitative estimate of drug-likeness (QED) is 0.0168. The molecule has 1 aromatic carbocycles. The molecule has 792 valence electrons. The molecule has 0 aliphatic heterocycles. The zero-order chi connectivity index (χ0) is 108. The molecular formula is C86H121N33O27. The molecule has 0 saturated carbocycles. The van der Waals surface area contributed by atoms with E-state index in [0.29, 0.717) is 5.56 Å². The second kappa shape index (κ2) is 57.6. The van der Waals surface area contributed by atoms with Gasteiger partial charge in [-0.3, -0.25) is 115 Å². The number of carbonyl (C=O) groups is 21. The van der Waals surface area contributed by atoms with Crippen LogP contribution in [0.15, 0.2) is 105 Å². The number of aliphatic hydroxyl groups excluding tert-OH is 6. The van der Waals surface area contributed by atoms with Crippen LogP contribution in [0.1, 0.15) is 87.7 Å². The summed E-state index contributed by atoms with van der Waals surface area (Å²) < 4.78 is 0. The Morgan fingerprint density at radius 3 is 0.644 bits per heavy atom. The largest absolute Gasteiger partial charge is 0.394 e. The SMILES string of the molecule is CC(=O)N[C@@H](Cc1c[nH]cn1)C(=O)N[C@@H](CO)C(=O)N(C(=O)[C@H](CO)NC(=O)[C@H](Cc1c[nH]cn1)NC(C)=O)[C@@H](CN)C(=O)N[C@@H](Cc1c[nH]cn1)C(=O)N[C@@H](CO)C(=O)N(C(=O)[C@H](CO)NC(=O)[C@H](Cc1c[nH]cn1)NC(=O)[C@H](CN)N(C(=O)[C@H](CO)NC(=O)[C@H](Cc1c[nH]cn1)NC(C)=O)C(=O)[C@H](CO)NC(=O)[C@H](Cc1c[nH]cn1)NC(C)=O)[C@@H](CN)C(=O)N[C@@H](CC(C)C)C(=O)N[C@@H](Cc1ccccc1)C(N)=O. The molecule has 0 bridgehead atoms. The van der Waals surface area contributed by atoms with Gasteiger partial charge in [-0.2, -0.15) is 0 Å². The molecule has 0 aliphatic carbocycles. The van der Waals surface area contributed by atoms with Crippen molar-refractivity contribution in [3.05, 3.63) is 145 Å². The van der Waals surface area contributed by atoms with E-state index in [0.717, 1.165) is 52.7 Å². The number of hydrogen-bond acceptors (Lipinski definition) is 36. The summed E-state index contributed by atoms with van der Waals surface area (Å²) >= 11 is 0. The first-order valence-electron chi connectivity index (χ1n) is 45.2. The van der Waals surface area contributed by atoms with E-state index in [2.05, 4.69) is 134 Å². The van der Waals surface area contributed by atoms with E-state index in [-0.39, 0.29) is 87.4 Å². The number of imide groups is 3. The van der Waals surface area contributed by atoms with Crippen molar-refractivity contribution in [3.8, 4) is 0 Å². The van der Waals surface area contributed by atoms with Crippen LogP contribution in [0, 0.1) is 5.92 Å². The monoisotopic (exact) mass is 2050 g/mol. The fourth-order valence-corrected chi connectivity index (χ4v) is 14.7. The van der Waals surface area contributed by atoms with Crippen LogP contribution in [-0.4, -0.2) is 391 Å². The summed E-state index contributed by atoms with van der Waals surface area (Å²) in [5, 5.41) is 98.6. The molecule has 7 aromatic rings. The third-order valence-corrected chi connectivity index (χ3v) is 21.9. The second-order valence-corrected chi connectivity index (χ2v) is 33.4. The van der Waals surface area contributed by atoms with Gasteiger partial charge in [0.1, 0.15) is 103 Å². The number of carbonyl (C=O) groups excluding carboxylic acids is 21. The zero-order valence-corrected chi connectivity index (χ0v) is 79.8. The summed E-state index contributed by atoms with van der Waals surface area (Å²) in [5.41, 5.74) is 25.6. The van der Waals surface area contributed by atoms with Crippen LogP contribution in [0.25, 0.3) is 0 Å². The van der Waals surface area contributed by atoms with Gasteiger partial charge in [-0.25, -0.2) is 29.9 Å². The van der Waals surface area contributed by atoms with Crippen LogP contribution in [-0.2, 0) is 146 Å². The summed E-state index contributed by atoms with van der Waals surface area (Å²) in [6.07, 6.45) is 10.8. The number of aliphatic hydroxyl groups is 6. The minimum atomic E-state index is -2.67. The molecule has 60 nitrogen and oxygen atoms in total. The minimum Gasteiger partial charge on any atom is -0.394 e. The summed E-state index contributed by atoms with van der Waals surface area (Å²) in [6.45, 7) is -5.72. The van der Waals surface area contributed by atoms with Gasteiger partial charge in [0, 0.05) is 129 Å². The van der Waals surface area contributed by atoms with Gasteiger partial charge in [0.05, 0.1) is 112 Å².